The predicted octanol–water partition coefficient (Wildman–Crippen LogP) is 2.60. The first-order valence-electron chi connectivity index (χ1n) is 8.34. The number of anilines is 1. The van der Waals surface area contributed by atoms with Crippen molar-refractivity contribution in [2.75, 3.05) is 31.6 Å². The number of benzene rings is 1. The molecule has 5 nitrogen and oxygen atoms in total. The van der Waals surface area contributed by atoms with Gasteiger partial charge in [0, 0.05) is 18.7 Å². The van der Waals surface area contributed by atoms with Crippen LogP contribution in [0.3, 0.4) is 0 Å². The quantitative estimate of drug-likeness (QED) is 0.819. The lowest BCUT2D eigenvalue weighted by molar-refractivity contribution is -0.149. The molecule has 1 fully saturated rings. The fourth-order valence-electron chi connectivity index (χ4n) is 2.84. The van der Waals surface area contributed by atoms with Crippen molar-refractivity contribution < 1.29 is 14.3 Å². The Hall–Kier alpha value is -1.88. The number of nitrogens with zero attached hydrogens (tertiary/aromatic N) is 1. The number of nitrogens with one attached hydrogen (secondary N) is 1. The highest BCUT2D eigenvalue weighted by molar-refractivity contribution is 5.91. The molecule has 0 aromatic heterocycles. The monoisotopic (exact) mass is 318 g/mol. The van der Waals surface area contributed by atoms with Gasteiger partial charge >= 0.3 is 5.97 Å². The number of carbonyl (C=O) groups excluding carboxylic acids is 2. The third-order valence-corrected chi connectivity index (χ3v) is 4.28. The van der Waals surface area contributed by atoms with Crippen molar-refractivity contribution in [3.05, 3.63) is 29.8 Å². The maximum atomic E-state index is 12.1. The van der Waals surface area contributed by atoms with Gasteiger partial charge < -0.3 is 15.0 Å². The predicted molar refractivity (Wildman–Crippen MR) is 90.2 cm³/mol. The maximum Gasteiger partial charge on any atom is 0.309 e. The summed E-state index contributed by atoms with van der Waals surface area (Å²) in [6.07, 6.45) is 2.11. The minimum Gasteiger partial charge on any atom is -0.466 e. The van der Waals surface area contributed by atoms with Gasteiger partial charge in [-0.15, -0.1) is 0 Å². The van der Waals surface area contributed by atoms with Crippen LogP contribution in [0.2, 0.25) is 0 Å². The fraction of sp³-hybridized carbons (Fsp3) is 0.556. The van der Waals surface area contributed by atoms with Gasteiger partial charge in [-0.1, -0.05) is 18.2 Å². The number of likely N-dealkylation sites (tertiary alicyclic amines) is 1. The van der Waals surface area contributed by atoms with Crippen LogP contribution in [0.4, 0.5) is 5.69 Å². The van der Waals surface area contributed by atoms with E-state index in [-0.39, 0.29) is 17.8 Å². The van der Waals surface area contributed by atoms with Crippen LogP contribution >= 0.6 is 0 Å². The number of carbonyl (C=O) groups is 2. The Kier molecular flexibility index (Phi) is 6.59. The highest BCUT2D eigenvalue weighted by Crippen LogP contribution is 2.19. The molecule has 0 radical (unpaired) electrons. The number of amides is 1. The molecule has 1 aliphatic rings. The number of esters is 1. The van der Waals surface area contributed by atoms with Crippen molar-refractivity contribution >= 4 is 17.6 Å². The molecule has 0 bridgehead atoms. The Morgan fingerprint density at radius 2 is 1.96 bits per heavy atom. The van der Waals surface area contributed by atoms with Crippen molar-refractivity contribution in [3.8, 4) is 0 Å². The van der Waals surface area contributed by atoms with Gasteiger partial charge in [-0.05, 0) is 51.4 Å². The molecule has 1 amide bonds. The summed E-state index contributed by atoms with van der Waals surface area (Å²) in [6, 6.07) is 7.77. The molecule has 0 unspecified atom stereocenters. The number of aryl methyl sites for hydroxylation is 1. The van der Waals surface area contributed by atoms with Crippen molar-refractivity contribution in [2.45, 2.75) is 33.1 Å². The molecule has 0 atom stereocenters. The molecule has 23 heavy (non-hydrogen) atoms. The summed E-state index contributed by atoms with van der Waals surface area (Å²) in [4.78, 5) is 26.0. The summed E-state index contributed by atoms with van der Waals surface area (Å²) < 4.78 is 5.07. The number of ether oxygens (including phenoxy) is 1. The minimum atomic E-state index is -0.0792. The molecular weight excluding hydrogens is 292 g/mol. The van der Waals surface area contributed by atoms with Gasteiger partial charge in [-0.3, -0.25) is 9.59 Å². The number of hydrogen-bond acceptors (Lipinski definition) is 4. The van der Waals surface area contributed by atoms with Crippen LogP contribution in [-0.2, 0) is 14.3 Å². The summed E-state index contributed by atoms with van der Waals surface area (Å²) in [7, 11) is 0. The van der Waals surface area contributed by atoms with E-state index in [2.05, 4.69) is 10.2 Å². The summed E-state index contributed by atoms with van der Waals surface area (Å²) in [5, 5.41) is 2.95. The zero-order valence-corrected chi connectivity index (χ0v) is 14.0. The van der Waals surface area contributed by atoms with Gasteiger partial charge in [0.15, 0.2) is 0 Å². The number of para-hydroxylation sites is 1. The van der Waals surface area contributed by atoms with Crippen LogP contribution in [0.15, 0.2) is 24.3 Å². The van der Waals surface area contributed by atoms with E-state index in [1.54, 1.807) is 0 Å². The van der Waals surface area contributed by atoms with Crippen LogP contribution < -0.4 is 5.32 Å². The smallest absolute Gasteiger partial charge is 0.309 e. The molecule has 0 spiro atoms. The van der Waals surface area contributed by atoms with Crippen molar-refractivity contribution in [1.29, 1.82) is 0 Å². The summed E-state index contributed by atoms with van der Waals surface area (Å²) >= 11 is 0. The Morgan fingerprint density at radius 1 is 1.26 bits per heavy atom. The third kappa shape index (κ3) is 5.36. The Balaban J connectivity index is 1.70. The molecule has 1 N–H and O–H groups in total. The average Bonchev–Trinajstić information content (AvgIpc) is 2.56. The van der Waals surface area contributed by atoms with E-state index in [1.807, 2.05) is 38.1 Å². The zero-order valence-electron chi connectivity index (χ0n) is 14.0. The third-order valence-electron chi connectivity index (χ3n) is 4.28. The first kappa shape index (κ1) is 17.5. The van der Waals surface area contributed by atoms with E-state index < -0.39 is 0 Å². The first-order valence-corrected chi connectivity index (χ1v) is 8.34. The highest BCUT2D eigenvalue weighted by atomic mass is 16.5. The summed E-state index contributed by atoms with van der Waals surface area (Å²) in [5.41, 5.74) is 1.94. The lowest BCUT2D eigenvalue weighted by Crippen LogP contribution is -2.38. The van der Waals surface area contributed by atoms with Gasteiger partial charge in [0.1, 0.15) is 0 Å². The molecule has 0 saturated carbocycles. The normalized spacial score (nSPS) is 16.1. The van der Waals surface area contributed by atoms with Crippen molar-refractivity contribution in [1.82, 2.24) is 4.90 Å². The van der Waals surface area contributed by atoms with Gasteiger partial charge in [0.05, 0.1) is 12.5 Å². The topological polar surface area (TPSA) is 58.6 Å². The van der Waals surface area contributed by atoms with Gasteiger partial charge in [-0.2, -0.15) is 0 Å². The van der Waals surface area contributed by atoms with E-state index in [0.29, 0.717) is 13.0 Å². The fourth-order valence-corrected chi connectivity index (χ4v) is 2.84. The second-order valence-corrected chi connectivity index (χ2v) is 5.98. The van der Waals surface area contributed by atoms with Crippen LogP contribution in [0.5, 0.6) is 0 Å². The average molecular weight is 318 g/mol. The molecule has 5 heteroatoms. The molecule has 1 heterocycles. The van der Waals surface area contributed by atoms with E-state index in [9.17, 15) is 9.59 Å². The lowest BCUT2D eigenvalue weighted by atomic mass is 9.97. The molecule has 1 aromatic rings. The number of rotatable bonds is 6. The Morgan fingerprint density at radius 3 is 2.61 bits per heavy atom. The standard InChI is InChI=1S/C18H26N2O3/c1-3-23-18(22)15-8-11-20(12-9-15)13-10-17(21)19-16-7-5-4-6-14(16)2/h4-7,15H,3,8-13H2,1-2H3,(H,19,21). The summed E-state index contributed by atoms with van der Waals surface area (Å²) in [6.45, 7) is 6.68. The van der Waals surface area contributed by atoms with Crippen LogP contribution in [0, 0.1) is 12.8 Å². The Bertz CT molecular complexity index is 537. The molecule has 126 valence electrons. The molecule has 1 aliphatic heterocycles. The number of piperidine rings is 1. The second kappa shape index (κ2) is 8.67. The Labute approximate surface area is 138 Å². The second-order valence-electron chi connectivity index (χ2n) is 5.98. The minimum absolute atomic E-state index is 0.0204. The lowest BCUT2D eigenvalue weighted by Gasteiger charge is -2.30. The van der Waals surface area contributed by atoms with E-state index in [4.69, 9.17) is 4.74 Å². The largest absolute Gasteiger partial charge is 0.466 e. The molecule has 1 saturated heterocycles. The SMILES string of the molecule is CCOC(=O)C1CCN(CCC(=O)Nc2ccccc2C)CC1. The molecule has 0 aliphatic carbocycles. The van der Waals surface area contributed by atoms with Crippen LogP contribution in [-0.4, -0.2) is 43.0 Å². The maximum absolute atomic E-state index is 12.1. The zero-order chi connectivity index (χ0) is 16.7. The van der Waals surface area contributed by atoms with Gasteiger partial charge in [-0.25, -0.2) is 0 Å². The highest BCUT2D eigenvalue weighted by Gasteiger charge is 2.25. The first-order chi connectivity index (χ1) is 11.1. The van der Waals surface area contributed by atoms with Crippen molar-refractivity contribution in [3.63, 3.8) is 0 Å². The van der Waals surface area contributed by atoms with Gasteiger partial charge in [0.25, 0.3) is 0 Å². The van der Waals surface area contributed by atoms with Crippen molar-refractivity contribution in [2.24, 2.45) is 5.92 Å². The van der Waals surface area contributed by atoms with Crippen LogP contribution in [0.1, 0.15) is 31.7 Å². The summed E-state index contributed by atoms with van der Waals surface area (Å²) in [5.74, 6) is -0.0248. The molecule has 1 aromatic carbocycles. The van der Waals surface area contributed by atoms with E-state index in [0.717, 1.165) is 43.7 Å². The number of hydrogen-bond donors (Lipinski definition) is 1. The van der Waals surface area contributed by atoms with Gasteiger partial charge in [0.2, 0.25) is 5.91 Å². The van der Waals surface area contributed by atoms with E-state index in [1.165, 1.54) is 0 Å². The molecule has 2 rings (SSSR count). The van der Waals surface area contributed by atoms with Crippen LogP contribution in [0.25, 0.3) is 0 Å². The molecular formula is C18H26N2O3. The van der Waals surface area contributed by atoms with E-state index >= 15 is 0 Å².